The van der Waals surface area contributed by atoms with Crippen molar-refractivity contribution in [3.8, 4) is 5.75 Å². The van der Waals surface area contributed by atoms with Crippen molar-refractivity contribution in [3.05, 3.63) is 28.8 Å². The average Bonchev–Trinajstić information content (AvgIpc) is 2.30. The van der Waals surface area contributed by atoms with Gasteiger partial charge in [0.2, 0.25) is 5.91 Å². The fourth-order valence-corrected chi connectivity index (χ4v) is 2.15. The van der Waals surface area contributed by atoms with Crippen LogP contribution in [0.3, 0.4) is 0 Å². The number of rotatable bonds is 4. The number of methoxy groups -OCH3 is 1. The van der Waals surface area contributed by atoms with E-state index in [4.69, 9.17) is 4.74 Å². The van der Waals surface area contributed by atoms with E-state index in [1.165, 1.54) is 0 Å². The molecule has 0 aliphatic rings. The highest BCUT2D eigenvalue weighted by molar-refractivity contribution is 5.87. The second kappa shape index (κ2) is 5.61. The van der Waals surface area contributed by atoms with Crippen LogP contribution >= 0.6 is 0 Å². The molecule has 1 amide bonds. The summed E-state index contributed by atoms with van der Waals surface area (Å²) >= 11 is 0. The van der Waals surface area contributed by atoms with Crippen LogP contribution in [0.5, 0.6) is 5.75 Å². The van der Waals surface area contributed by atoms with Gasteiger partial charge in [0.05, 0.1) is 12.5 Å². The summed E-state index contributed by atoms with van der Waals surface area (Å²) < 4.78 is 5.31. The van der Waals surface area contributed by atoms with Gasteiger partial charge in [0, 0.05) is 14.1 Å². The molecule has 1 rings (SSSR count). The van der Waals surface area contributed by atoms with E-state index in [1.54, 1.807) is 26.2 Å². The quantitative estimate of drug-likeness (QED) is 0.848. The van der Waals surface area contributed by atoms with Crippen molar-refractivity contribution in [2.45, 2.75) is 33.1 Å². The van der Waals surface area contributed by atoms with Crippen molar-refractivity contribution in [1.82, 2.24) is 10.4 Å². The largest absolute Gasteiger partial charge is 0.496 e. The number of carbonyl (C=O) groups excluding carboxylic acids is 1. The smallest absolute Gasteiger partial charge is 0.244 e. The Morgan fingerprint density at radius 3 is 2.26 bits per heavy atom. The first-order valence-corrected chi connectivity index (χ1v) is 6.34. The van der Waals surface area contributed by atoms with Crippen LogP contribution < -0.4 is 10.2 Å². The Morgan fingerprint density at radius 1 is 1.21 bits per heavy atom. The molecular formula is C15H24N2O2. The second-order valence-corrected chi connectivity index (χ2v) is 5.60. The Labute approximate surface area is 115 Å². The van der Waals surface area contributed by atoms with Gasteiger partial charge in [-0.25, -0.2) is 5.01 Å². The zero-order valence-corrected chi connectivity index (χ0v) is 12.9. The maximum Gasteiger partial charge on any atom is 0.244 e. The Hall–Kier alpha value is -1.55. The summed E-state index contributed by atoms with van der Waals surface area (Å²) in [5.41, 5.74) is 5.34. The van der Waals surface area contributed by atoms with Gasteiger partial charge in [-0.3, -0.25) is 10.2 Å². The predicted molar refractivity (Wildman–Crippen MR) is 77.3 cm³/mol. The van der Waals surface area contributed by atoms with E-state index in [0.717, 1.165) is 22.4 Å². The highest BCUT2D eigenvalue weighted by Crippen LogP contribution is 2.31. The minimum Gasteiger partial charge on any atom is -0.496 e. The lowest BCUT2D eigenvalue weighted by Gasteiger charge is -2.28. The van der Waals surface area contributed by atoms with E-state index >= 15 is 0 Å². The van der Waals surface area contributed by atoms with Crippen molar-refractivity contribution in [2.75, 3.05) is 21.2 Å². The summed E-state index contributed by atoms with van der Waals surface area (Å²) in [6.45, 7) is 7.85. The number of benzene rings is 1. The average molecular weight is 264 g/mol. The van der Waals surface area contributed by atoms with Crippen molar-refractivity contribution < 1.29 is 9.53 Å². The number of aryl methyl sites for hydroxylation is 2. The summed E-state index contributed by atoms with van der Waals surface area (Å²) in [7, 11) is 5.27. The Morgan fingerprint density at radius 2 is 1.79 bits per heavy atom. The first-order chi connectivity index (χ1) is 8.70. The maximum absolute atomic E-state index is 12.3. The van der Waals surface area contributed by atoms with Gasteiger partial charge >= 0.3 is 0 Å². The van der Waals surface area contributed by atoms with Crippen molar-refractivity contribution in [1.29, 1.82) is 0 Å². The molecule has 1 aromatic rings. The third-order valence-corrected chi connectivity index (χ3v) is 3.31. The highest BCUT2D eigenvalue weighted by Gasteiger charge is 2.32. The number of nitrogens with one attached hydrogen (secondary N) is 1. The van der Waals surface area contributed by atoms with Gasteiger partial charge in [0.25, 0.3) is 0 Å². The fourth-order valence-electron chi connectivity index (χ4n) is 2.15. The molecule has 0 aliphatic heterocycles. The lowest BCUT2D eigenvalue weighted by atomic mass is 9.80. The molecule has 0 unspecified atom stereocenters. The molecule has 0 heterocycles. The summed E-state index contributed by atoms with van der Waals surface area (Å²) in [6, 6.07) is 4.01. The number of hydrogen-bond donors (Lipinski definition) is 1. The van der Waals surface area contributed by atoms with Crippen LogP contribution in [0, 0.1) is 13.8 Å². The van der Waals surface area contributed by atoms with Gasteiger partial charge in [-0.1, -0.05) is 6.07 Å². The zero-order valence-electron chi connectivity index (χ0n) is 12.9. The topological polar surface area (TPSA) is 41.6 Å². The molecule has 0 bridgehead atoms. The third-order valence-electron chi connectivity index (χ3n) is 3.31. The number of nitrogens with zero attached hydrogens (tertiary/aromatic N) is 1. The molecule has 0 aromatic heterocycles. The number of hydrogen-bond acceptors (Lipinski definition) is 3. The first-order valence-electron chi connectivity index (χ1n) is 6.34. The Balaban J connectivity index is 3.21. The van der Waals surface area contributed by atoms with E-state index in [0.29, 0.717) is 0 Å². The molecule has 0 radical (unpaired) electrons. The van der Waals surface area contributed by atoms with Crippen molar-refractivity contribution >= 4 is 5.91 Å². The molecule has 0 saturated heterocycles. The normalized spacial score (nSPS) is 11.6. The molecule has 1 aromatic carbocycles. The Kier molecular flexibility index (Phi) is 4.58. The van der Waals surface area contributed by atoms with Gasteiger partial charge in [-0.05, 0) is 50.5 Å². The van der Waals surface area contributed by atoms with Gasteiger partial charge in [0.1, 0.15) is 5.75 Å². The number of ether oxygens (including phenoxy) is 1. The summed E-state index contributed by atoms with van der Waals surface area (Å²) in [4.78, 5) is 12.3. The lowest BCUT2D eigenvalue weighted by Crippen LogP contribution is -2.46. The molecule has 1 N–H and O–H groups in total. The third kappa shape index (κ3) is 3.26. The van der Waals surface area contributed by atoms with Crippen LogP contribution in [0.1, 0.15) is 30.5 Å². The molecule has 0 atom stereocenters. The van der Waals surface area contributed by atoms with E-state index in [-0.39, 0.29) is 5.91 Å². The molecule has 0 saturated carbocycles. The fraction of sp³-hybridized carbons (Fsp3) is 0.533. The second-order valence-electron chi connectivity index (χ2n) is 5.60. The molecule has 4 heteroatoms. The minimum atomic E-state index is -0.592. The van der Waals surface area contributed by atoms with Crippen LogP contribution in [-0.4, -0.2) is 32.1 Å². The van der Waals surface area contributed by atoms with Crippen LogP contribution in [0.2, 0.25) is 0 Å². The molecule has 4 nitrogen and oxygen atoms in total. The first kappa shape index (κ1) is 15.5. The SMILES string of the molecule is COc1cc(C)c(C(C)(C)C(=O)NN(C)C)cc1C. The van der Waals surface area contributed by atoms with Gasteiger partial charge < -0.3 is 4.74 Å². The number of amides is 1. The van der Waals surface area contributed by atoms with Crippen LogP contribution in [0.4, 0.5) is 0 Å². The molecule has 0 fully saturated rings. The molecular weight excluding hydrogens is 240 g/mol. The number of carbonyl (C=O) groups is 1. The number of hydrazine groups is 1. The molecule has 0 spiro atoms. The van der Waals surface area contributed by atoms with Gasteiger partial charge in [0.15, 0.2) is 0 Å². The van der Waals surface area contributed by atoms with Gasteiger partial charge in [-0.15, -0.1) is 0 Å². The van der Waals surface area contributed by atoms with Gasteiger partial charge in [-0.2, -0.15) is 0 Å². The standard InChI is InChI=1S/C15H24N2O2/c1-10-9-13(19-7)11(2)8-12(10)15(3,4)14(18)16-17(5)6/h8-9H,1-7H3,(H,16,18). The molecule has 19 heavy (non-hydrogen) atoms. The monoisotopic (exact) mass is 264 g/mol. The van der Waals surface area contributed by atoms with Crippen LogP contribution in [-0.2, 0) is 10.2 Å². The summed E-state index contributed by atoms with van der Waals surface area (Å²) in [5, 5.41) is 1.66. The Bertz CT molecular complexity index is 479. The van der Waals surface area contributed by atoms with E-state index in [1.807, 2.05) is 39.8 Å². The van der Waals surface area contributed by atoms with E-state index in [2.05, 4.69) is 5.43 Å². The van der Waals surface area contributed by atoms with Crippen molar-refractivity contribution in [2.24, 2.45) is 0 Å². The van der Waals surface area contributed by atoms with Crippen LogP contribution in [0.25, 0.3) is 0 Å². The lowest BCUT2D eigenvalue weighted by molar-refractivity contribution is -0.129. The summed E-state index contributed by atoms with van der Waals surface area (Å²) in [6.07, 6.45) is 0. The maximum atomic E-state index is 12.3. The minimum absolute atomic E-state index is 0.0230. The zero-order chi connectivity index (χ0) is 14.8. The van der Waals surface area contributed by atoms with E-state index < -0.39 is 5.41 Å². The molecule has 106 valence electrons. The summed E-state index contributed by atoms with van der Waals surface area (Å²) in [5.74, 6) is 0.829. The highest BCUT2D eigenvalue weighted by atomic mass is 16.5. The molecule has 0 aliphatic carbocycles. The predicted octanol–water partition coefficient (Wildman–Crippen LogP) is 2.18. The van der Waals surface area contributed by atoms with Crippen molar-refractivity contribution in [3.63, 3.8) is 0 Å². The van der Waals surface area contributed by atoms with Crippen LogP contribution in [0.15, 0.2) is 12.1 Å². The van der Waals surface area contributed by atoms with E-state index in [9.17, 15) is 4.79 Å².